The molecule has 0 saturated carbocycles. The summed E-state index contributed by atoms with van der Waals surface area (Å²) in [4.78, 5) is 0. The summed E-state index contributed by atoms with van der Waals surface area (Å²) in [6.07, 6.45) is 1.06. The van der Waals surface area contributed by atoms with Crippen LogP contribution in [-0.4, -0.2) is 0 Å². The fraction of sp³-hybridized carbons (Fsp3) is 0.238. The second kappa shape index (κ2) is 6.83. The van der Waals surface area contributed by atoms with E-state index in [4.69, 9.17) is 0 Å². The minimum atomic E-state index is 1.06. The minimum Gasteiger partial charge on any atom is -0.101 e. The van der Waals surface area contributed by atoms with Crippen molar-refractivity contribution in [1.29, 1.82) is 0 Å². The maximum absolute atomic E-state index is 3.28. The molecule has 0 amide bonds. The molecule has 0 aliphatic carbocycles. The lowest BCUT2D eigenvalue weighted by atomic mass is 10.00. The van der Waals surface area contributed by atoms with Gasteiger partial charge in [0, 0.05) is 16.7 Å². The van der Waals surface area contributed by atoms with Crippen LogP contribution in [0.2, 0.25) is 0 Å². The van der Waals surface area contributed by atoms with Gasteiger partial charge in [0.05, 0.1) is 0 Å². The van der Waals surface area contributed by atoms with E-state index < -0.39 is 0 Å². The molecule has 104 valence electrons. The molecule has 0 aliphatic rings. The van der Waals surface area contributed by atoms with Crippen LogP contribution in [0.3, 0.4) is 0 Å². The summed E-state index contributed by atoms with van der Waals surface area (Å²) in [5.74, 6) is 12.6. The van der Waals surface area contributed by atoms with Gasteiger partial charge in [0.25, 0.3) is 0 Å². The lowest BCUT2D eigenvalue weighted by Gasteiger charge is -2.03. The molecule has 0 heterocycles. The molecule has 0 aliphatic heterocycles. The van der Waals surface area contributed by atoms with E-state index in [1.807, 2.05) is 6.92 Å². The Hall–Kier alpha value is -2.44. The van der Waals surface area contributed by atoms with Crippen molar-refractivity contribution < 1.29 is 0 Å². The molecule has 0 aromatic heterocycles. The minimum absolute atomic E-state index is 1.06. The molecule has 0 unspecified atom stereocenters. The number of aryl methyl sites for hydroxylation is 3. The highest BCUT2D eigenvalue weighted by atomic mass is 14.0. The summed E-state index contributed by atoms with van der Waals surface area (Å²) in [7, 11) is 0. The Labute approximate surface area is 128 Å². The summed E-state index contributed by atoms with van der Waals surface area (Å²) < 4.78 is 0. The quantitative estimate of drug-likeness (QED) is 0.664. The fourth-order valence-electron chi connectivity index (χ4n) is 2.18. The van der Waals surface area contributed by atoms with Gasteiger partial charge in [0.2, 0.25) is 0 Å². The molecule has 0 heteroatoms. The van der Waals surface area contributed by atoms with Gasteiger partial charge in [-0.3, -0.25) is 0 Å². The highest BCUT2D eigenvalue weighted by Gasteiger charge is 2.00. The molecule has 2 aromatic rings. The van der Waals surface area contributed by atoms with E-state index in [-0.39, 0.29) is 0 Å². The summed E-state index contributed by atoms with van der Waals surface area (Å²) in [5, 5.41) is 0. The molecule has 0 nitrogen and oxygen atoms in total. The third kappa shape index (κ3) is 3.77. The molecule has 0 fully saturated rings. The highest BCUT2D eigenvalue weighted by molar-refractivity contribution is 5.53. The molecule has 0 N–H and O–H groups in total. The summed E-state index contributed by atoms with van der Waals surface area (Å²) >= 11 is 0. The van der Waals surface area contributed by atoms with Gasteiger partial charge in [0.15, 0.2) is 0 Å². The first kappa shape index (κ1) is 15.0. The van der Waals surface area contributed by atoms with E-state index in [0.29, 0.717) is 0 Å². The number of benzene rings is 2. The van der Waals surface area contributed by atoms with Crippen molar-refractivity contribution in [2.45, 2.75) is 34.1 Å². The Bertz CT molecular complexity index is 754. The average molecular weight is 272 g/mol. The predicted octanol–water partition coefficient (Wildman–Crippen LogP) is 4.64. The van der Waals surface area contributed by atoms with Gasteiger partial charge in [-0.25, -0.2) is 0 Å². The van der Waals surface area contributed by atoms with Gasteiger partial charge in [-0.15, -0.1) is 5.92 Å². The van der Waals surface area contributed by atoms with E-state index in [9.17, 15) is 0 Å². The molecule has 21 heavy (non-hydrogen) atoms. The van der Waals surface area contributed by atoms with Crippen molar-refractivity contribution in [3.63, 3.8) is 0 Å². The molecule has 2 aromatic carbocycles. The molecular weight excluding hydrogens is 252 g/mol. The smallest absolute Gasteiger partial charge is 0.0281 e. The van der Waals surface area contributed by atoms with Gasteiger partial charge >= 0.3 is 0 Å². The summed E-state index contributed by atoms with van der Waals surface area (Å²) in [6, 6.07) is 12.7. The fourth-order valence-corrected chi connectivity index (χ4v) is 2.18. The van der Waals surface area contributed by atoms with E-state index in [1.54, 1.807) is 0 Å². The van der Waals surface area contributed by atoms with Crippen LogP contribution in [0.15, 0.2) is 36.4 Å². The summed E-state index contributed by atoms with van der Waals surface area (Å²) in [6.45, 7) is 8.20. The Balaban J connectivity index is 2.33. The van der Waals surface area contributed by atoms with Crippen LogP contribution in [0.5, 0.6) is 0 Å². The lowest BCUT2D eigenvalue weighted by molar-refractivity contribution is 1.14. The number of hydrogen-bond donors (Lipinski definition) is 0. The Morgan fingerprint density at radius 3 is 1.90 bits per heavy atom. The zero-order valence-electron chi connectivity index (χ0n) is 13.2. The van der Waals surface area contributed by atoms with Gasteiger partial charge < -0.3 is 0 Å². The molecule has 0 bridgehead atoms. The van der Waals surface area contributed by atoms with Crippen LogP contribution in [-0.2, 0) is 6.42 Å². The zero-order valence-corrected chi connectivity index (χ0v) is 13.2. The van der Waals surface area contributed by atoms with Crippen LogP contribution < -0.4 is 0 Å². The molecule has 2 rings (SSSR count). The van der Waals surface area contributed by atoms with E-state index in [1.165, 1.54) is 16.7 Å². The van der Waals surface area contributed by atoms with Gasteiger partial charge in [0.1, 0.15) is 0 Å². The largest absolute Gasteiger partial charge is 0.101 e. The predicted molar refractivity (Wildman–Crippen MR) is 90.3 cm³/mol. The second-order valence-electron chi connectivity index (χ2n) is 5.16. The van der Waals surface area contributed by atoms with Crippen LogP contribution in [0, 0.1) is 37.5 Å². The normalized spacial score (nSPS) is 9.33. The Kier molecular flexibility index (Phi) is 4.86. The molecule has 0 radical (unpaired) electrons. The van der Waals surface area contributed by atoms with E-state index in [0.717, 1.165) is 23.1 Å². The first-order chi connectivity index (χ1) is 10.1. The van der Waals surface area contributed by atoms with E-state index >= 15 is 0 Å². The van der Waals surface area contributed by atoms with Crippen molar-refractivity contribution in [2.24, 2.45) is 0 Å². The monoisotopic (exact) mass is 272 g/mol. The van der Waals surface area contributed by atoms with Crippen molar-refractivity contribution in [3.8, 4) is 23.7 Å². The maximum Gasteiger partial charge on any atom is 0.0281 e. The van der Waals surface area contributed by atoms with Crippen LogP contribution in [0.4, 0.5) is 0 Å². The van der Waals surface area contributed by atoms with Gasteiger partial charge in [-0.2, -0.15) is 0 Å². The molecule has 0 atom stereocenters. The molecule has 0 spiro atoms. The van der Waals surface area contributed by atoms with Gasteiger partial charge in [-0.1, -0.05) is 36.8 Å². The SMILES string of the molecule is CC#Cc1cc(C)c(C#Cc2ccc(CC)cc2)cc1C. The Morgan fingerprint density at radius 1 is 0.810 bits per heavy atom. The van der Waals surface area contributed by atoms with Gasteiger partial charge in [-0.05, 0) is 68.1 Å². The average Bonchev–Trinajstić information content (AvgIpc) is 2.50. The first-order valence-electron chi connectivity index (χ1n) is 7.29. The van der Waals surface area contributed by atoms with Crippen LogP contribution >= 0.6 is 0 Å². The third-order valence-electron chi connectivity index (χ3n) is 3.53. The third-order valence-corrected chi connectivity index (χ3v) is 3.53. The molecule has 0 saturated heterocycles. The van der Waals surface area contributed by atoms with Crippen molar-refractivity contribution in [1.82, 2.24) is 0 Å². The molecular formula is C21H20. The van der Waals surface area contributed by atoms with Crippen molar-refractivity contribution >= 4 is 0 Å². The Morgan fingerprint density at radius 2 is 1.38 bits per heavy atom. The number of rotatable bonds is 1. The van der Waals surface area contributed by atoms with Crippen LogP contribution in [0.1, 0.15) is 47.2 Å². The summed E-state index contributed by atoms with van der Waals surface area (Å²) in [5.41, 5.74) is 6.93. The van der Waals surface area contributed by atoms with Crippen molar-refractivity contribution in [3.05, 3.63) is 69.8 Å². The maximum atomic E-state index is 3.28. The van der Waals surface area contributed by atoms with Crippen molar-refractivity contribution in [2.75, 3.05) is 0 Å². The van der Waals surface area contributed by atoms with Crippen LogP contribution in [0.25, 0.3) is 0 Å². The number of hydrogen-bond acceptors (Lipinski definition) is 0. The second-order valence-corrected chi connectivity index (χ2v) is 5.16. The topological polar surface area (TPSA) is 0 Å². The zero-order chi connectivity index (χ0) is 15.2. The first-order valence-corrected chi connectivity index (χ1v) is 7.29. The van der Waals surface area contributed by atoms with E-state index in [2.05, 4.69) is 80.9 Å². The lowest BCUT2D eigenvalue weighted by Crippen LogP contribution is -1.89. The standard InChI is InChI=1S/C21H20/c1-5-7-20-14-17(4)21(15-16(20)3)13-12-19-10-8-18(6-2)9-11-19/h8-11,14-15H,6H2,1-4H3. The highest BCUT2D eigenvalue weighted by Crippen LogP contribution is 2.15.